The van der Waals surface area contributed by atoms with Crippen molar-refractivity contribution in [2.75, 3.05) is 7.05 Å². The van der Waals surface area contributed by atoms with Crippen molar-refractivity contribution in [1.82, 2.24) is 25.2 Å². The van der Waals surface area contributed by atoms with Crippen LogP contribution in [0.15, 0.2) is 16.9 Å². The van der Waals surface area contributed by atoms with Gasteiger partial charge in [0.1, 0.15) is 0 Å². The Morgan fingerprint density at radius 3 is 2.83 bits per heavy atom. The third-order valence-electron chi connectivity index (χ3n) is 3.22. The zero-order chi connectivity index (χ0) is 13.1. The lowest BCUT2D eigenvalue weighted by Gasteiger charge is -2.17. The van der Waals surface area contributed by atoms with E-state index >= 15 is 0 Å². The van der Waals surface area contributed by atoms with Crippen LogP contribution in [0, 0.1) is 0 Å². The van der Waals surface area contributed by atoms with Gasteiger partial charge in [-0.15, -0.1) is 0 Å². The van der Waals surface area contributed by atoms with Gasteiger partial charge >= 0.3 is 0 Å². The van der Waals surface area contributed by atoms with Gasteiger partial charge in [0, 0.05) is 19.3 Å². The molecule has 0 aliphatic heterocycles. The summed E-state index contributed by atoms with van der Waals surface area (Å²) in [5.74, 6) is 1.51. The fourth-order valence-corrected chi connectivity index (χ4v) is 1.98. The maximum absolute atomic E-state index is 5.37. The smallest absolute Gasteiger partial charge is 0.231 e. The molecule has 0 saturated heterocycles. The molecule has 98 valence electrons. The Kier molecular flexibility index (Phi) is 3.76. The molecule has 2 unspecified atom stereocenters. The predicted molar refractivity (Wildman–Crippen MR) is 68.1 cm³/mol. The van der Waals surface area contributed by atoms with E-state index in [-0.39, 0.29) is 5.92 Å². The highest BCUT2D eigenvalue weighted by Gasteiger charge is 2.23. The molecule has 1 N–H and O–H groups in total. The van der Waals surface area contributed by atoms with Gasteiger partial charge in [0.25, 0.3) is 0 Å². The molecule has 0 fully saturated rings. The molecular weight excluding hydrogens is 230 g/mol. The third-order valence-corrected chi connectivity index (χ3v) is 3.22. The van der Waals surface area contributed by atoms with Crippen molar-refractivity contribution in [1.29, 1.82) is 0 Å². The van der Waals surface area contributed by atoms with E-state index in [1.165, 1.54) is 0 Å². The van der Waals surface area contributed by atoms with E-state index in [0.29, 0.717) is 17.8 Å². The maximum atomic E-state index is 5.37. The second-order valence-corrected chi connectivity index (χ2v) is 4.45. The molecule has 0 aliphatic carbocycles. The molecule has 6 nitrogen and oxygen atoms in total. The molecule has 0 saturated carbocycles. The Morgan fingerprint density at radius 2 is 2.28 bits per heavy atom. The lowest BCUT2D eigenvalue weighted by Crippen LogP contribution is -2.28. The van der Waals surface area contributed by atoms with Crippen LogP contribution in [-0.4, -0.2) is 33.0 Å². The van der Waals surface area contributed by atoms with Crippen molar-refractivity contribution in [2.45, 2.75) is 32.2 Å². The first-order chi connectivity index (χ1) is 8.65. The zero-order valence-corrected chi connectivity index (χ0v) is 11.2. The standard InChI is InChI=1S/C12H19N5O/c1-5-10(8(2)13-3)12-15-11(16-18-12)9-6-14-17(4)7-9/h6-8,10,13H,5H2,1-4H3. The van der Waals surface area contributed by atoms with Gasteiger partial charge in [-0.25, -0.2) is 0 Å². The zero-order valence-electron chi connectivity index (χ0n) is 11.2. The Balaban J connectivity index is 2.24. The Labute approximate surface area is 106 Å². The minimum absolute atomic E-state index is 0.230. The third kappa shape index (κ3) is 2.43. The van der Waals surface area contributed by atoms with Crippen molar-refractivity contribution in [3.63, 3.8) is 0 Å². The molecule has 0 amide bonds. The van der Waals surface area contributed by atoms with Crippen molar-refractivity contribution in [3.05, 3.63) is 18.3 Å². The van der Waals surface area contributed by atoms with Gasteiger partial charge in [0.15, 0.2) is 0 Å². The highest BCUT2D eigenvalue weighted by molar-refractivity contribution is 5.51. The first-order valence-electron chi connectivity index (χ1n) is 6.15. The van der Waals surface area contributed by atoms with Gasteiger partial charge in [-0.3, -0.25) is 4.68 Å². The lowest BCUT2D eigenvalue weighted by molar-refractivity contribution is 0.322. The van der Waals surface area contributed by atoms with Gasteiger partial charge in [-0.1, -0.05) is 12.1 Å². The Morgan fingerprint density at radius 1 is 1.50 bits per heavy atom. The molecule has 0 aliphatic rings. The minimum atomic E-state index is 0.230. The van der Waals surface area contributed by atoms with Gasteiger partial charge in [0.2, 0.25) is 11.7 Å². The Hall–Kier alpha value is -1.69. The van der Waals surface area contributed by atoms with Gasteiger partial charge in [-0.05, 0) is 20.4 Å². The average molecular weight is 249 g/mol. The number of nitrogens with zero attached hydrogens (tertiary/aromatic N) is 4. The van der Waals surface area contributed by atoms with Crippen LogP contribution < -0.4 is 5.32 Å². The minimum Gasteiger partial charge on any atom is -0.339 e. The van der Waals surface area contributed by atoms with E-state index in [1.807, 2.05) is 20.3 Å². The maximum Gasteiger partial charge on any atom is 0.231 e. The molecule has 2 aromatic rings. The van der Waals surface area contributed by atoms with Gasteiger partial charge < -0.3 is 9.84 Å². The normalized spacial score (nSPS) is 14.7. The van der Waals surface area contributed by atoms with E-state index < -0.39 is 0 Å². The summed E-state index contributed by atoms with van der Waals surface area (Å²) in [4.78, 5) is 4.46. The number of aromatic nitrogens is 4. The summed E-state index contributed by atoms with van der Waals surface area (Å²) in [6.45, 7) is 4.23. The highest BCUT2D eigenvalue weighted by Crippen LogP contribution is 2.24. The highest BCUT2D eigenvalue weighted by atomic mass is 16.5. The lowest BCUT2D eigenvalue weighted by atomic mass is 9.98. The van der Waals surface area contributed by atoms with Crippen LogP contribution in [0.2, 0.25) is 0 Å². The molecule has 0 bridgehead atoms. The number of rotatable bonds is 5. The molecule has 6 heteroatoms. The number of likely N-dealkylation sites (N-methyl/N-ethyl adjacent to an activating group) is 1. The largest absolute Gasteiger partial charge is 0.339 e. The molecule has 2 atom stereocenters. The summed E-state index contributed by atoms with van der Waals surface area (Å²) in [6, 6.07) is 0.303. The SMILES string of the molecule is CCC(c1nc(-c2cnn(C)c2)no1)C(C)NC. The van der Waals surface area contributed by atoms with Crippen LogP contribution in [0.5, 0.6) is 0 Å². The molecule has 2 heterocycles. The number of hydrogen-bond acceptors (Lipinski definition) is 5. The van der Waals surface area contributed by atoms with Crippen LogP contribution in [0.1, 0.15) is 32.1 Å². The molecule has 2 rings (SSSR count). The Bertz CT molecular complexity index is 504. The van der Waals surface area contributed by atoms with E-state index in [0.717, 1.165) is 12.0 Å². The number of nitrogens with one attached hydrogen (secondary N) is 1. The summed E-state index contributed by atoms with van der Waals surface area (Å²) < 4.78 is 7.09. The van der Waals surface area contributed by atoms with E-state index in [2.05, 4.69) is 34.4 Å². The molecule has 18 heavy (non-hydrogen) atoms. The topological polar surface area (TPSA) is 68.8 Å². The molecule has 0 radical (unpaired) electrons. The fourth-order valence-electron chi connectivity index (χ4n) is 1.98. The predicted octanol–water partition coefficient (Wildman–Crippen LogP) is 1.57. The second-order valence-electron chi connectivity index (χ2n) is 4.45. The second kappa shape index (κ2) is 5.30. The van der Waals surface area contributed by atoms with Crippen LogP contribution in [0.3, 0.4) is 0 Å². The van der Waals surface area contributed by atoms with Crippen molar-refractivity contribution >= 4 is 0 Å². The summed E-state index contributed by atoms with van der Waals surface area (Å²) in [7, 11) is 3.80. The first-order valence-corrected chi connectivity index (χ1v) is 6.15. The average Bonchev–Trinajstić information content (AvgIpc) is 2.98. The molecular formula is C12H19N5O. The summed E-state index contributed by atoms with van der Waals surface area (Å²) in [6.07, 6.45) is 4.56. The van der Waals surface area contributed by atoms with Gasteiger partial charge in [0.05, 0.1) is 17.7 Å². The quantitative estimate of drug-likeness (QED) is 0.871. The molecule has 0 aromatic carbocycles. The summed E-state index contributed by atoms with van der Waals surface area (Å²) in [5, 5.41) is 11.3. The molecule has 2 aromatic heterocycles. The van der Waals surface area contributed by atoms with Crippen LogP contribution in [0.4, 0.5) is 0 Å². The van der Waals surface area contributed by atoms with Crippen molar-refractivity contribution < 1.29 is 4.52 Å². The number of hydrogen-bond donors (Lipinski definition) is 1. The van der Waals surface area contributed by atoms with E-state index in [4.69, 9.17) is 4.52 Å². The fraction of sp³-hybridized carbons (Fsp3) is 0.583. The first kappa shape index (κ1) is 12.8. The van der Waals surface area contributed by atoms with Crippen molar-refractivity contribution in [3.8, 4) is 11.4 Å². The number of aryl methyl sites for hydroxylation is 1. The van der Waals surface area contributed by atoms with Crippen molar-refractivity contribution in [2.24, 2.45) is 7.05 Å². The summed E-state index contributed by atoms with van der Waals surface area (Å²) in [5.41, 5.74) is 0.875. The van der Waals surface area contributed by atoms with Crippen LogP contribution in [0.25, 0.3) is 11.4 Å². The van der Waals surface area contributed by atoms with Crippen LogP contribution in [-0.2, 0) is 7.05 Å². The van der Waals surface area contributed by atoms with E-state index in [9.17, 15) is 0 Å². The van der Waals surface area contributed by atoms with Crippen LogP contribution >= 0.6 is 0 Å². The van der Waals surface area contributed by atoms with Gasteiger partial charge in [-0.2, -0.15) is 10.1 Å². The summed E-state index contributed by atoms with van der Waals surface area (Å²) >= 11 is 0. The monoisotopic (exact) mass is 249 g/mol. The van der Waals surface area contributed by atoms with E-state index in [1.54, 1.807) is 10.9 Å². The molecule has 0 spiro atoms.